The van der Waals surface area contributed by atoms with E-state index in [9.17, 15) is 0 Å². The zero-order chi connectivity index (χ0) is 15.4. The van der Waals surface area contributed by atoms with Gasteiger partial charge >= 0.3 is 0 Å². The van der Waals surface area contributed by atoms with Gasteiger partial charge < -0.3 is 5.32 Å². The summed E-state index contributed by atoms with van der Waals surface area (Å²) in [6.45, 7) is 2.71. The third-order valence-electron chi connectivity index (χ3n) is 3.43. The van der Waals surface area contributed by atoms with Gasteiger partial charge in [-0.15, -0.1) is 0 Å². The van der Waals surface area contributed by atoms with Gasteiger partial charge in [0.2, 0.25) is 0 Å². The van der Waals surface area contributed by atoms with Crippen molar-refractivity contribution in [3.8, 4) is 11.1 Å². The van der Waals surface area contributed by atoms with Gasteiger partial charge in [-0.1, -0.05) is 6.07 Å². The van der Waals surface area contributed by atoms with Gasteiger partial charge in [0.1, 0.15) is 5.82 Å². The zero-order valence-electron chi connectivity index (χ0n) is 12.6. The number of rotatable bonds is 5. The van der Waals surface area contributed by atoms with Crippen molar-refractivity contribution in [1.29, 1.82) is 0 Å². The van der Waals surface area contributed by atoms with Crippen LogP contribution in [0.25, 0.3) is 11.1 Å². The van der Waals surface area contributed by atoms with Gasteiger partial charge in [0.25, 0.3) is 0 Å². The molecule has 0 amide bonds. The Morgan fingerprint density at radius 1 is 1.09 bits per heavy atom. The van der Waals surface area contributed by atoms with Crippen molar-refractivity contribution in [2.24, 2.45) is 7.05 Å². The summed E-state index contributed by atoms with van der Waals surface area (Å²) in [4.78, 5) is 13.0. The number of aromatic nitrogens is 5. The molecule has 0 aliphatic heterocycles. The average molecular weight is 294 g/mol. The summed E-state index contributed by atoms with van der Waals surface area (Å²) in [6, 6.07) is 5.98. The minimum atomic E-state index is 0.0843. The highest BCUT2D eigenvalue weighted by molar-refractivity contribution is 5.60. The van der Waals surface area contributed by atoms with Crippen molar-refractivity contribution in [2.45, 2.75) is 19.5 Å². The Morgan fingerprint density at radius 3 is 2.55 bits per heavy atom. The number of aryl methyl sites for hydroxylation is 1. The first-order valence-corrected chi connectivity index (χ1v) is 7.16. The van der Waals surface area contributed by atoms with Gasteiger partial charge in [0, 0.05) is 49.5 Å². The van der Waals surface area contributed by atoms with Gasteiger partial charge in [-0.2, -0.15) is 5.10 Å². The summed E-state index contributed by atoms with van der Waals surface area (Å²) in [5.74, 6) is 0.787. The third-order valence-corrected chi connectivity index (χ3v) is 3.43. The van der Waals surface area contributed by atoms with Gasteiger partial charge in [0.15, 0.2) is 0 Å². The number of hydrogen-bond acceptors (Lipinski definition) is 5. The molecule has 3 heterocycles. The molecule has 22 heavy (non-hydrogen) atoms. The first-order valence-electron chi connectivity index (χ1n) is 7.16. The molecule has 0 aliphatic carbocycles. The maximum absolute atomic E-state index is 4.49. The summed E-state index contributed by atoms with van der Waals surface area (Å²) < 4.78 is 1.78. The van der Waals surface area contributed by atoms with Crippen LogP contribution in [0.15, 0.2) is 49.2 Å². The summed E-state index contributed by atoms with van der Waals surface area (Å²) >= 11 is 0. The summed E-state index contributed by atoms with van der Waals surface area (Å²) in [7, 11) is 1.91. The number of hydrogen-bond donors (Lipinski definition) is 1. The molecule has 3 rings (SSSR count). The van der Waals surface area contributed by atoms with Crippen LogP contribution < -0.4 is 5.32 Å². The third kappa shape index (κ3) is 3.35. The molecule has 3 aromatic rings. The second-order valence-electron chi connectivity index (χ2n) is 5.15. The molecular weight excluding hydrogens is 276 g/mol. The van der Waals surface area contributed by atoms with E-state index >= 15 is 0 Å². The highest BCUT2D eigenvalue weighted by atomic mass is 15.2. The summed E-state index contributed by atoms with van der Waals surface area (Å²) in [6.07, 6.45) is 9.19. The van der Waals surface area contributed by atoms with Crippen molar-refractivity contribution < 1.29 is 0 Å². The van der Waals surface area contributed by atoms with E-state index in [1.54, 1.807) is 17.1 Å². The van der Waals surface area contributed by atoms with E-state index in [-0.39, 0.29) is 6.04 Å². The molecule has 0 spiro atoms. The molecule has 0 aliphatic rings. The predicted molar refractivity (Wildman–Crippen MR) is 83.7 cm³/mol. The molecule has 0 saturated carbocycles. The normalized spacial score (nSPS) is 12.3. The Labute approximate surface area is 129 Å². The summed E-state index contributed by atoms with van der Waals surface area (Å²) in [5.41, 5.74) is 3.12. The van der Waals surface area contributed by atoms with E-state index < -0.39 is 0 Å². The molecule has 0 radical (unpaired) electrons. The molecule has 1 N–H and O–H groups in total. The minimum Gasteiger partial charge on any atom is -0.302 e. The molecule has 0 saturated heterocycles. The lowest BCUT2D eigenvalue weighted by Gasteiger charge is -2.11. The fourth-order valence-electron chi connectivity index (χ4n) is 2.15. The first kappa shape index (κ1) is 14.3. The van der Waals surface area contributed by atoms with Crippen LogP contribution in [0.1, 0.15) is 24.5 Å². The maximum Gasteiger partial charge on any atom is 0.144 e. The standard InChI is InChI=1S/C16H18N6/c1-12(16-17-6-3-7-18-16)19-10-15-5-4-13(8-20-15)14-9-21-22(2)11-14/h3-9,11-12,19H,10H2,1-2H3. The molecule has 0 fully saturated rings. The van der Waals surface area contributed by atoms with Crippen molar-refractivity contribution in [2.75, 3.05) is 0 Å². The van der Waals surface area contributed by atoms with E-state index in [1.807, 2.05) is 44.7 Å². The van der Waals surface area contributed by atoms with Crippen molar-refractivity contribution in [3.63, 3.8) is 0 Å². The smallest absolute Gasteiger partial charge is 0.144 e. The van der Waals surface area contributed by atoms with E-state index in [4.69, 9.17) is 0 Å². The first-order chi connectivity index (χ1) is 10.7. The molecule has 6 heteroatoms. The zero-order valence-corrected chi connectivity index (χ0v) is 12.6. The number of nitrogens with one attached hydrogen (secondary N) is 1. The van der Waals surface area contributed by atoms with Crippen molar-refractivity contribution >= 4 is 0 Å². The molecule has 0 aromatic carbocycles. The molecule has 3 aromatic heterocycles. The minimum absolute atomic E-state index is 0.0843. The second kappa shape index (κ2) is 6.44. The SMILES string of the molecule is CC(NCc1ccc(-c2cnn(C)c2)cn1)c1ncccn1. The second-order valence-corrected chi connectivity index (χ2v) is 5.15. The highest BCUT2D eigenvalue weighted by Crippen LogP contribution is 2.17. The van der Waals surface area contributed by atoms with E-state index in [2.05, 4.69) is 31.4 Å². The molecule has 0 bridgehead atoms. The Bertz CT molecular complexity index is 720. The Morgan fingerprint density at radius 2 is 1.91 bits per heavy atom. The maximum atomic E-state index is 4.49. The Kier molecular flexibility index (Phi) is 4.20. The Hall–Kier alpha value is -2.60. The number of nitrogens with zero attached hydrogens (tertiary/aromatic N) is 5. The molecular formula is C16H18N6. The quantitative estimate of drug-likeness (QED) is 0.780. The fraction of sp³-hybridized carbons (Fsp3) is 0.250. The summed E-state index contributed by atoms with van der Waals surface area (Å²) in [5, 5.41) is 7.55. The fourth-order valence-corrected chi connectivity index (χ4v) is 2.15. The van der Waals surface area contributed by atoms with Crippen LogP contribution in [-0.2, 0) is 13.6 Å². The lowest BCUT2D eigenvalue weighted by Crippen LogP contribution is -2.20. The lowest BCUT2D eigenvalue weighted by molar-refractivity contribution is 0.540. The van der Waals surface area contributed by atoms with E-state index in [0.29, 0.717) is 6.54 Å². The molecule has 112 valence electrons. The largest absolute Gasteiger partial charge is 0.302 e. The average Bonchev–Trinajstić information content (AvgIpc) is 3.00. The van der Waals surface area contributed by atoms with E-state index in [1.165, 1.54) is 0 Å². The monoisotopic (exact) mass is 294 g/mol. The molecule has 1 unspecified atom stereocenters. The van der Waals surface area contributed by atoms with E-state index in [0.717, 1.165) is 22.6 Å². The molecule has 6 nitrogen and oxygen atoms in total. The van der Waals surface area contributed by atoms with Gasteiger partial charge in [-0.05, 0) is 19.1 Å². The van der Waals surface area contributed by atoms with Crippen LogP contribution in [0.5, 0.6) is 0 Å². The van der Waals surface area contributed by atoms with Crippen LogP contribution in [0, 0.1) is 0 Å². The van der Waals surface area contributed by atoms with Crippen LogP contribution in [0.3, 0.4) is 0 Å². The van der Waals surface area contributed by atoms with Crippen LogP contribution >= 0.6 is 0 Å². The van der Waals surface area contributed by atoms with Gasteiger partial charge in [0.05, 0.1) is 17.9 Å². The van der Waals surface area contributed by atoms with Crippen LogP contribution in [0.4, 0.5) is 0 Å². The van der Waals surface area contributed by atoms with Gasteiger partial charge in [-0.3, -0.25) is 9.67 Å². The number of pyridine rings is 1. The van der Waals surface area contributed by atoms with Crippen molar-refractivity contribution in [3.05, 3.63) is 60.7 Å². The highest BCUT2D eigenvalue weighted by Gasteiger charge is 2.07. The topological polar surface area (TPSA) is 68.5 Å². The molecule has 1 atom stereocenters. The van der Waals surface area contributed by atoms with Crippen molar-refractivity contribution in [1.82, 2.24) is 30.0 Å². The predicted octanol–water partition coefficient (Wildman–Crippen LogP) is 2.12. The Balaban J connectivity index is 1.62. The van der Waals surface area contributed by atoms with Gasteiger partial charge in [-0.25, -0.2) is 9.97 Å². The lowest BCUT2D eigenvalue weighted by atomic mass is 10.1. The van der Waals surface area contributed by atoms with Crippen LogP contribution in [-0.4, -0.2) is 24.7 Å². The van der Waals surface area contributed by atoms with Crippen LogP contribution in [0.2, 0.25) is 0 Å².